The molecule has 0 saturated heterocycles. The van der Waals surface area contributed by atoms with Crippen molar-refractivity contribution in [2.45, 2.75) is 26.7 Å². The Morgan fingerprint density at radius 1 is 1.40 bits per heavy atom. The molecule has 80 valence electrons. The van der Waals surface area contributed by atoms with Crippen LogP contribution in [0, 0.1) is 5.41 Å². The van der Waals surface area contributed by atoms with Crippen LogP contribution < -0.4 is 5.32 Å². The SMILES string of the molecule is CCC1(CC)C(=O)Nc2ccnn2C1=O. The minimum atomic E-state index is -0.945. The number of anilines is 1. The van der Waals surface area contributed by atoms with Gasteiger partial charge in [-0.2, -0.15) is 9.78 Å². The maximum absolute atomic E-state index is 12.1. The van der Waals surface area contributed by atoms with Crippen LogP contribution in [0.5, 0.6) is 0 Å². The van der Waals surface area contributed by atoms with Crippen molar-refractivity contribution in [3.63, 3.8) is 0 Å². The molecule has 0 fully saturated rings. The Balaban J connectivity index is 2.55. The highest BCUT2D eigenvalue weighted by molar-refractivity contribution is 6.14. The van der Waals surface area contributed by atoms with Crippen LogP contribution in [0.25, 0.3) is 0 Å². The third-order valence-electron chi connectivity index (χ3n) is 3.13. The Labute approximate surface area is 87.5 Å². The summed E-state index contributed by atoms with van der Waals surface area (Å²) in [6.07, 6.45) is 2.50. The molecule has 0 bridgehead atoms. The van der Waals surface area contributed by atoms with Crippen molar-refractivity contribution in [2.75, 3.05) is 5.32 Å². The highest BCUT2D eigenvalue weighted by Gasteiger charge is 2.47. The molecule has 1 N–H and O–H groups in total. The molecule has 0 radical (unpaired) electrons. The maximum atomic E-state index is 12.1. The molecule has 0 unspecified atom stereocenters. The van der Waals surface area contributed by atoms with Crippen LogP contribution in [0.3, 0.4) is 0 Å². The number of hydrogen-bond donors (Lipinski definition) is 1. The van der Waals surface area contributed by atoms with Gasteiger partial charge in [-0.15, -0.1) is 0 Å². The zero-order valence-electron chi connectivity index (χ0n) is 8.78. The summed E-state index contributed by atoms with van der Waals surface area (Å²) in [7, 11) is 0. The minimum absolute atomic E-state index is 0.217. The van der Waals surface area contributed by atoms with Crippen molar-refractivity contribution in [1.82, 2.24) is 9.78 Å². The monoisotopic (exact) mass is 207 g/mol. The van der Waals surface area contributed by atoms with E-state index in [1.165, 1.54) is 10.9 Å². The second kappa shape index (κ2) is 3.18. The molecule has 1 aliphatic rings. The summed E-state index contributed by atoms with van der Waals surface area (Å²) in [5.74, 6) is 0.0178. The fraction of sp³-hybridized carbons (Fsp3) is 0.500. The normalized spacial score (nSPS) is 18.5. The summed E-state index contributed by atoms with van der Waals surface area (Å²) >= 11 is 0. The first-order valence-electron chi connectivity index (χ1n) is 5.06. The van der Waals surface area contributed by atoms with E-state index in [2.05, 4.69) is 10.4 Å². The number of fused-ring (bicyclic) bond motifs is 1. The number of amides is 1. The maximum Gasteiger partial charge on any atom is 0.264 e. The van der Waals surface area contributed by atoms with Crippen molar-refractivity contribution in [2.24, 2.45) is 5.41 Å². The summed E-state index contributed by atoms with van der Waals surface area (Å²) < 4.78 is 1.27. The van der Waals surface area contributed by atoms with Gasteiger partial charge in [-0.3, -0.25) is 9.59 Å². The van der Waals surface area contributed by atoms with E-state index in [0.717, 1.165) is 0 Å². The molecule has 0 spiro atoms. The van der Waals surface area contributed by atoms with Crippen molar-refractivity contribution >= 4 is 17.6 Å². The lowest BCUT2D eigenvalue weighted by Gasteiger charge is -2.32. The molecular formula is C10H13N3O2. The predicted molar refractivity (Wildman–Crippen MR) is 54.5 cm³/mol. The van der Waals surface area contributed by atoms with Gasteiger partial charge in [-0.25, -0.2) is 0 Å². The van der Waals surface area contributed by atoms with Gasteiger partial charge in [0, 0.05) is 6.07 Å². The highest BCUT2D eigenvalue weighted by atomic mass is 16.2. The largest absolute Gasteiger partial charge is 0.310 e. The lowest BCUT2D eigenvalue weighted by Crippen LogP contribution is -2.49. The third-order valence-corrected chi connectivity index (χ3v) is 3.13. The van der Waals surface area contributed by atoms with Gasteiger partial charge in [0.25, 0.3) is 5.91 Å². The number of hydrogen-bond acceptors (Lipinski definition) is 3. The molecule has 2 heterocycles. The first-order valence-corrected chi connectivity index (χ1v) is 5.06. The molecule has 5 heteroatoms. The third kappa shape index (κ3) is 1.12. The van der Waals surface area contributed by atoms with Gasteiger partial charge in [-0.05, 0) is 12.8 Å². The molecule has 15 heavy (non-hydrogen) atoms. The lowest BCUT2D eigenvalue weighted by atomic mass is 9.79. The van der Waals surface area contributed by atoms with Crippen LogP contribution in [0.15, 0.2) is 12.3 Å². The molecule has 0 aromatic carbocycles. The molecule has 1 amide bonds. The van der Waals surface area contributed by atoms with Gasteiger partial charge in [0.1, 0.15) is 11.2 Å². The van der Waals surface area contributed by atoms with E-state index in [4.69, 9.17) is 0 Å². The van der Waals surface area contributed by atoms with Crippen LogP contribution in [-0.2, 0) is 4.79 Å². The van der Waals surface area contributed by atoms with Crippen LogP contribution in [-0.4, -0.2) is 21.6 Å². The minimum Gasteiger partial charge on any atom is -0.310 e. The molecule has 2 rings (SSSR count). The fourth-order valence-electron chi connectivity index (χ4n) is 1.97. The lowest BCUT2D eigenvalue weighted by molar-refractivity contribution is -0.124. The topological polar surface area (TPSA) is 64.0 Å². The van der Waals surface area contributed by atoms with Crippen molar-refractivity contribution in [3.05, 3.63) is 12.3 Å². The van der Waals surface area contributed by atoms with Gasteiger partial charge in [0.2, 0.25) is 5.91 Å². The summed E-state index contributed by atoms with van der Waals surface area (Å²) in [6, 6.07) is 1.62. The number of rotatable bonds is 2. The van der Waals surface area contributed by atoms with Gasteiger partial charge < -0.3 is 5.32 Å². The summed E-state index contributed by atoms with van der Waals surface area (Å²) in [6.45, 7) is 3.69. The Bertz CT molecular complexity index is 418. The van der Waals surface area contributed by atoms with Crippen LogP contribution in [0.1, 0.15) is 31.5 Å². The van der Waals surface area contributed by atoms with Gasteiger partial charge >= 0.3 is 0 Å². The molecule has 0 aliphatic carbocycles. The molecule has 5 nitrogen and oxygen atoms in total. The highest BCUT2D eigenvalue weighted by Crippen LogP contribution is 2.34. The summed E-state index contributed by atoms with van der Waals surface area (Å²) in [5, 5.41) is 6.62. The Kier molecular flexibility index (Phi) is 2.10. The second-order valence-electron chi connectivity index (χ2n) is 3.68. The van der Waals surface area contributed by atoms with Crippen LogP contribution >= 0.6 is 0 Å². The fourth-order valence-corrected chi connectivity index (χ4v) is 1.97. The standard InChI is InChI=1S/C10H13N3O2/c1-3-10(4-2)8(14)12-7-5-6-11-13(7)9(10)15/h5-6H,3-4H2,1-2H3,(H,12,14). The Morgan fingerprint density at radius 2 is 2.07 bits per heavy atom. The first-order chi connectivity index (χ1) is 7.15. The molecule has 0 atom stereocenters. The van der Waals surface area contributed by atoms with Gasteiger partial charge in [0.15, 0.2) is 0 Å². The van der Waals surface area contributed by atoms with Crippen molar-refractivity contribution < 1.29 is 9.59 Å². The Morgan fingerprint density at radius 3 is 2.67 bits per heavy atom. The summed E-state index contributed by atoms with van der Waals surface area (Å²) in [5.41, 5.74) is -0.945. The summed E-state index contributed by atoms with van der Waals surface area (Å²) in [4.78, 5) is 24.0. The van der Waals surface area contributed by atoms with E-state index in [0.29, 0.717) is 18.7 Å². The van der Waals surface area contributed by atoms with E-state index in [9.17, 15) is 9.59 Å². The number of aromatic nitrogens is 2. The van der Waals surface area contributed by atoms with Crippen LogP contribution in [0.2, 0.25) is 0 Å². The smallest absolute Gasteiger partial charge is 0.264 e. The van der Waals surface area contributed by atoms with E-state index in [-0.39, 0.29) is 11.8 Å². The number of carbonyl (C=O) groups excluding carboxylic acids is 2. The average molecular weight is 207 g/mol. The van der Waals surface area contributed by atoms with E-state index < -0.39 is 5.41 Å². The zero-order valence-corrected chi connectivity index (χ0v) is 8.78. The van der Waals surface area contributed by atoms with E-state index >= 15 is 0 Å². The van der Waals surface area contributed by atoms with Gasteiger partial charge in [-0.1, -0.05) is 13.8 Å². The second-order valence-corrected chi connectivity index (χ2v) is 3.68. The quantitative estimate of drug-likeness (QED) is 0.743. The van der Waals surface area contributed by atoms with Crippen LogP contribution in [0.4, 0.5) is 5.82 Å². The number of nitrogens with one attached hydrogen (secondary N) is 1. The number of nitrogens with zero attached hydrogens (tertiary/aromatic N) is 2. The molecule has 0 saturated carbocycles. The molecular weight excluding hydrogens is 194 g/mol. The predicted octanol–water partition coefficient (Wildman–Crippen LogP) is 1.28. The first kappa shape index (κ1) is 9.89. The van der Waals surface area contributed by atoms with E-state index in [1.807, 2.05) is 13.8 Å². The van der Waals surface area contributed by atoms with Crippen molar-refractivity contribution in [1.29, 1.82) is 0 Å². The average Bonchev–Trinajstić information content (AvgIpc) is 2.68. The van der Waals surface area contributed by atoms with Gasteiger partial charge in [0.05, 0.1) is 6.20 Å². The zero-order chi connectivity index (χ0) is 11.1. The molecule has 1 aliphatic heterocycles. The molecule has 1 aromatic heterocycles. The van der Waals surface area contributed by atoms with Crippen molar-refractivity contribution in [3.8, 4) is 0 Å². The Hall–Kier alpha value is -1.65. The molecule has 1 aromatic rings. The van der Waals surface area contributed by atoms with E-state index in [1.54, 1.807) is 6.07 Å². The number of carbonyl (C=O) groups is 2.